The second-order valence-electron chi connectivity index (χ2n) is 4.62. The van der Waals surface area contributed by atoms with Crippen molar-refractivity contribution in [2.45, 2.75) is 11.4 Å². The Labute approximate surface area is 130 Å². The minimum Gasteiger partial charge on any atom is -0.408 e. The molecule has 2 aromatic carbocycles. The summed E-state index contributed by atoms with van der Waals surface area (Å²) in [5.74, 6) is -0.547. The fourth-order valence-corrected chi connectivity index (χ4v) is 3.12. The molecule has 0 amide bonds. The second-order valence-corrected chi connectivity index (χ2v) is 6.83. The lowest BCUT2D eigenvalue weighted by molar-refractivity contribution is 0.554. The van der Waals surface area contributed by atoms with Crippen LogP contribution in [0, 0.1) is 0 Å². The molecule has 1 aromatic heterocycles. The first-order valence-electron chi connectivity index (χ1n) is 6.31. The Kier molecular flexibility index (Phi) is 3.78. The van der Waals surface area contributed by atoms with Gasteiger partial charge in [-0.25, -0.2) is 17.9 Å². The first-order valence-corrected chi connectivity index (χ1v) is 8.17. The quantitative estimate of drug-likeness (QED) is 0.763. The van der Waals surface area contributed by atoms with E-state index in [1.165, 1.54) is 24.3 Å². The van der Waals surface area contributed by atoms with Crippen LogP contribution in [-0.2, 0) is 16.6 Å². The molecule has 0 unspecified atom stereocenters. The average molecular weight is 339 g/mol. The Hall–Kier alpha value is -2.09. The maximum absolute atomic E-state index is 12.2. The maximum Gasteiger partial charge on any atom is 0.417 e. The first kappa shape index (κ1) is 14.8. The summed E-state index contributed by atoms with van der Waals surface area (Å²) in [5, 5.41) is 0.465. The van der Waals surface area contributed by atoms with Crippen molar-refractivity contribution in [3.63, 3.8) is 0 Å². The Morgan fingerprint density at radius 1 is 1.14 bits per heavy atom. The largest absolute Gasteiger partial charge is 0.417 e. The van der Waals surface area contributed by atoms with Gasteiger partial charge in [-0.15, -0.1) is 0 Å². The van der Waals surface area contributed by atoms with Crippen molar-refractivity contribution >= 4 is 32.7 Å². The molecule has 0 atom stereocenters. The van der Waals surface area contributed by atoms with E-state index in [9.17, 15) is 13.2 Å². The van der Waals surface area contributed by atoms with Gasteiger partial charge in [0.1, 0.15) is 0 Å². The molecule has 3 aromatic rings. The Morgan fingerprint density at radius 2 is 1.86 bits per heavy atom. The second kappa shape index (κ2) is 5.60. The maximum atomic E-state index is 12.2. The van der Waals surface area contributed by atoms with Gasteiger partial charge in [0.05, 0.1) is 10.4 Å². The number of fused-ring (bicyclic) bond motifs is 1. The van der Waals surface area contributed by atoms with Crippen LogP contribution in [-0.4, -0.2) is 13.4 Å². The predicted molar refractivity (Wildman–Crippen MR) is 82.3 cm³/mol. The summed E-state index contributed by atoms with van der Waals surface area (Å²) in [4.78, 5) is 13.7. The molecule has 2 N–H and O–H groups in total. The van der Waals surface area contributed by atoms with E-state index in [2.05, 4.69) is 9.71 Å². The van der Waals surface area contributed by atoms with E-state index < -0.39 is 15.8 Å². The lowest BCUT2D eigenvalue weighted by Gasteiger charge is -2.07. The van der Waals surface area contributed by atoms with Gasteiger partial charge in [-0.2, -0.15) is 0 Å². The molecule has 0 aliphatic heterocycles. The number of hydrogen-bond donors (Lipinski definition) is 2. The van der Waals surface area contributed by atoms with Crippen LogP contribution in [0.2, 0.25) is 5.02 Å². The molecule has 0 fully saturated rings. The Bertz CT molecular complexity index is 974. The fourth-order valence-electron chi connectivity index (χ4n) is 1.98. The summed E-state index contributed by atoms with van der Waals surface area (Å²) < 4.78 is 31.7. The monoisotopic (exact) mass is 338 g/mol. The van der Waals surface area contributed by atoms with Crippen molar-refractivity contribution in [3.05, 3.63) is 63.6 Å². The zero-order valence-electron chi connectivity index (χ0n) is 11.2. The zero-order valence-corrected chi connectivity index (χ0v) is 12.7. The molecular formula is C14H11ClN2O4S. The van der Waals surface area contributed by atoms with Gasteiger partial charge in [-0.05, 0) is 42.0 Å². The van der Waals surface area contributed by atoms with E-state index in [4.69, 9.17) is 16.0 Å². The van der Waals surface area contributed by atoms with E-state index in [1.807, 2.05) is 0 Å². The van der Waals surface area contributed by atoms with E-state index in [1.54, 1.807) is 18.2 Å². The van der Waals surface area contributed by atoms with E-state index in [0.29, 0.717) is 21.7 Å². The highest BCUT2D eigenvalue weighted by Gasteiger charge is 2.13. The number of benzene rings is 2. The molecule has 0 saturated heterocycles. The number of H-pyrrole nitrogens is 1. The zero-order chi connectivity index (χ0) is 15.7. The summed E-state index contributed by atoms with van der Waals surface area (Å²) >= 11 is 5.74. The molecule has 0 aliphatic rings. The molecule has 0 aliphatic carbocycles. The number of nitrogens with one attached hydrogen (secondary N) is 2. The first-order chi connectivity index (χ1) is 10.4. The minimum atomic E-state index is -3.63. The number of halogens is 1. The van der Waals surface area contributed by atoms with E-state index in [-0.39, 0.29) is 11.4 Å². The Morgan fingerprint density at radius 3 is 2.59 bits per heavy atom. The third-order valence-corrected chi connectivity index (χ3v) is 4.74. The smallest absolute Gasteiger partial charge is 0.408 e. The summed E-state index contributed by atoms with van der Waals surface area (Å²) in [6.45, 7) is 0.0792. The highest BCUT2D eigenvalue weighted by molar-refractivity contribution is 7.89. The SMILES string of the molecule is O=c1[nH]c2ccc(CNS(=O)(=O)c3ccc(Cl)cc3)cc2o1. The highest BCUT2D eigenvalue weighted by Crippen LogP contribution is 2.16. The van der Waals surface area contributed by atoms with Crippen LogP contribution in [0.1, 0.15) is 5.56 Å². The van der Waals surface area contributed by atoms with Gasteiger partial charge < -0.3 is 4.42 Å². The van der Waals surface area contributed by atoms with Crippen LogP contribution >= 0.6 is 11.6 Å². The van der Waals surface area contributed by atoms with Gasteiger partial charge in [-0.1, -0.05) is 17.7 Å². The third-order valence-electron chi connectivity index (χ3n) is 3.08. The van der Waals surface area contributed by atoms with Crippen molar-refractivity contribution in [1.82, 2.24) is 9.71 Å². The van der Waals surface area contributed by atoms with Gasteiger partial charge in [-0.3, -0.25) is 4.98 Å². The molecule has 114 valence electrons. The van der Waals surface area contributed by atoms with Gasteiger partial charge in [0.25, 0.3) is 0 Å². The molecule has 0 spiro atoms. The van der Waals surface area contributed by atoms with E-state index in [0.717, 1.165) is 0 Å². The average Bonchev–Trinajstić information content (AvgIpc) is 2.85. The standard InChI is InChI=1S/C14H11ClN2O4S/c15-10-2-4-11(5-3-10)22(19,20)16-8-9-1-6-12-13(7-9)21-14(18)17-12/h1-7,16H,8H2,(H,17,18). The molecule has 0 radical (unpaired) electrons. The van der Waals surface area contributed by atoms with Crippen LogP contribution in [0.3, 0.4) is 0 Å². The highest BCUT2D eigenvalue weighted by atomic mass is 35.5. The molecular weight excluding hydrogens is 328 g/mol. The van der Waals surface area contributed by atoms with Gasteiger partial charge in [0, 0.05) is 11.6 Å². The van der Waals surface area contributed by atoms with Crippen molar-refractivity contribution < 1.29 is 12.8 Å². The third kappa shape index (κ3) is 3.06. The van der Waals surface area contributed by atoms with Crippen LogP contribution in [0.4, 0.5) is 0 Å². The number of aromatic nitrogens is 1. The summed E-state index contributed by atoms with van der Waals surface area (Å²) in [5.41, 5.74) is 1.62. The topological polar surface area (TPSA) is 92.2 Å². The number of sulfonamides is 1. The minimum absolute atomic E-state index is 0.0792. The lowest BCUT2D eigenvalue weighted by Crippen LogP contribution is -2.23. The van der Waals surface area contributed by atoms with Crippen molar-refractivity contribution in [2.24, 2.45) is 0 Å². The van der Waals surface area contributed by atoms with Crippen LogP contribution < -0.4 is 10.5 Å². The number of aromatic amines is 1. The van der Waals surface area contributed by atoms with Crippen molar-refractivity contribution in [3.8, 4) is 0 Å². The van der Waals surface area contributed by atoms with Crippen molar-refractivity contribution in [2.75, 3.05) is 0 Å². The molecule has 3 rings (SSSR count). The van der Waals surface area contributed by atoms with E-state index >= 15 is 0 Å². The van der Waals surface area contributed by atoms with Gasteiger partial charge in [0.2, 0.25) is 10.0 Å². The molecule has 1 heterocycles. The summed E-state index contributed by atoms with van der Waals surface area (Å²) in [7, 11) is -3.63. The molecule has 6 nitrogen and oxygen atoms in total. The molecule has 0 bridgehead atoms. The fraction of sp³-hybridized carbons (Fsp3) is 0.0714. The lowest BCUT2D eigenvalue weighted by atomic mass is 10.2. The number of rotatable bonds is 4. The summed E-state index contributed by atoms with van der Waals surface area (Å²) in [6.07, 6.45) is 0. The van der Waals surface area contributed by atoms with Gasteiger partial charge >= 0.3 is 5.76 Å². The molecule has 0 saturated carbocycles. The van der Waals surface area contributed by atoms with Crippen LogP contribution in [0.15, 0.2) is 56.6 Å². The predicted octanol–water partition coefficient (Wildman–Crippen LogP) is 2.25. The molecule has 8 heteroatoms. The number of hydrogen-bond acceptors (Lipinski definition) is 4. The van der Waals surface area contributed by atoms with Gasteiger partial charge in [0.15, 0.2) is 5.58 Å². The van der Waals surface area contributed by atoms with Crippen LogP contribution in [0.25, 0.3) is 11.1 Å². The normalized spacial score (nSPS) is 11.9. The van der Waals surface area contributed by atoms with Crippen molar-refractivity contribution in [1.29, 1.82) is 0 Å². The Balaban J connectivity index is 1.80. The molecule has 22 heavy (non-hydrogen) atoms. The number of oxazole rings is 1. The summed E-state index contributed by atoms with van der Waals surface area (Å²) in [6, 6.07) is 10.9. The van der Waals surface area contributed by atoms with Crippen LogP contribution in [0.5, 0.6) is 0 Å².